The number of benzene rings is 1. The van der Waals surface area contributed by atoms with E-state index in [1.54, 1.807) is 13.2 Å². The molecule has 0 radical (unpaired) electrons. The van der Waals surface area contributed by atoms with E-state index in [-0.39, 0.29) is 5.91 Å². The number of carbonyl (C=O) groups is 1. The van der Waals surface area contributed by atoms with Crippen molar-refractivity contribution in [2.24, 2.45) is 5.92 Å². The van der Waals surface area contributed by atoms with E-state index < -0.39 is 0 Å². The summed E-state index contributed by atoms with van der Waals surface area (Å²) in [6.07, 6.45) is 2.70. The highest BCUT2D eigenvalue weighted by atomic mass is 32.1. The highest BCUT2D eigenvalue weighted by Crippen LogP contribution is 2.29. The predicted octanol–water partition coefficient (Wildman–Crippen LogP) is 2.47. The van der Waals surface area contributed by atoms with Gasteiger partial charge in [-0.2, -0.15) is 0 Å². The normalized spacial score (nSPS) is 15.9. The first-order valence-corrected chi connectivity index (χ1v) is 7.55. The maximum atomic E-state index is 11.6. The third kappa shape index (κ3) is 4.21. The molecule has 0 aromatic heterocycles. The zero-order chi connectivity index (χ0) is 16.1. The first-order valence-electron chi connectivity index (χ1n) is 7.14. The van der Waals surface area contributed by atoms with Crippen LogP contribution in [0.15, 0.2) is 23.9 Å². The van der Waals surface area contributed by atoms with Crippen molar-refractivity contribution in [3.63, 3.8) is 0 Å². The van der Waals surface area contributed by atoms with Gasteiger partial charge in [0, 0.05) is 0 Å². The largest absolute Gasteiger partial charge is 0.493 e. The van der Waals surface area contributed by atoms with Gasteiger partial charge in [-0.1, -0.05) is 19.9 Å². The molecule has 0 bridgehead atoms. The van der Waals surface area contributed by atoms with Gasteiger partial charge >= 0.3 is 0 Å². The van der Waals surface area contributed by atoms with Crippen LogP contribution in [0.2, 0.25) is 0 Å². The van der Waals surface area contributed by atoms with Crippen LogP contribution in [0.5, 0.6) is 11.5 Å². The molecule has 6 heteroatoms. The van der Waals surface area contributed by atoms with Crippen molar-refractivity contribution >= 4 is 29.3 Å². The van der Waals surface area contributed by atoms with Crippen LogP contribution in [0.3, 0.4) is 0 Å². The second kappa shape index (κ2) is 7.26. The highest BCUT2D eigenvalue weighted by molar-refractivity contribution is 7.80. The summed E-state index contributed by atoms with van der Waals surface area (Å²) in [7, 11) is 1.59. The van der Waals surface area contributed by atoms with E-state index in [4.69, 9.17) is 21.7 Å². The molecule has 1 amide bonds. The van der Waals surface area contributed by atoms with Gasteiger partial charge in [0.1, 0.15) is 5.70 Å². The average Bonchev–Trinajstić information content (AvgIpc) is 2.77. The summed E-state index contributed by atoms with van der Waals surface area (Å²) in [4.78, 5) is 11.6. The summed E-state index contributed by atoms with van der Waals surface area (Å²) in [6.45, 7) is 4.95. The Labute approximate surface area is 135 Å². The molecule has 1 heterocycles. The van der Waals surface area contributed by atoms with E-state index in [1.165, 1.54) is 0 Å². The van der Waals surface area contributed by atoms with Gasteiger partial charge in [-0.3, -0.25) is 10.1 Å². The van der Waals surface area contributed by atoms with Gasteiger partial charge in [-0.25, -0.2) is 0 Å². The molecular formula is C16H20N2O3S. The molecule has 2 N–H and O–H groups in total. The van der Waals surface area contributed by atoms with Crippen LogP contribution in [0, 0.1) is 5.92 Å². The van der Waals surface area contributed by atoms with Gasteiger partial charge < -0.3 is 14.8 Å². The Morgan fingerprint density at radius 3 is 2.64 bits per heavy atom. The third-order valence-electron chi connectivity index (χ3n) is 3.17. The second-order valence-corrected chi connectivity index (χ2v) is 5.82. The molecule has 118 valence electrons. The molecule has 0 saturated carbocycles. The lowest BCUT2D eigenvalue weighted by atomic mass is 10.1. The van der Waals surface area contributed by atoms with Crippen LogP contribution in [-0.4, -0.2) is 24.7 Å². The van der Waals surface area contributed by atoms with Gasteiger partial charge in [-0.15, -0.1) is 0 Å². The minimum absolute atomic E-state index is 0.235. The van der Waals surface area contributed by atoms with Crippen LogP contribution in [-0.2, 0) is 4.79 Å². The van der Waals surface area contributed by atoms with Crippen molar-refractivity contribution in [2.75, 3.05) is 13.7 Å². The quantitative estimate of drug-likeness (QED) is 0.623. The molecule has 1 fully saturated rings. The Morgan fingerprint density at radius 1 is 1.27 bits per heavy atom. The van der Waals surface area contributed by atoms with Crippen LogP contribution in [0.1, 0.15) is 25.8 Å². The van der Waals surface area contributed by atoms with Gasteiger partial charge in [0.05, 0.1) is 13.7 Å². The molecule has 1 aliphatic heterocycles. The Kier molecular flexibility index (Phi) is 5.38. The van der Waals surface area contributed by atoms with Gasteiger partial charge in [0.2, 0.25) is 0 Å². The number of hydrogen-bond acceptors (Lipinski definition) is 4. The third-order valence-corrected chi connectivity index (χ3v) is 3.38. The average molecular weight is 320 g/mol. The molecule has 0 unspecified atom stereocenters. The lowest BCUT2D eigenvalue weighted by Gasteiger charge is -2.12. The minimum atomic E-state index is -0.235. The number of amides is 1. The Hall–Kier alpha value is -2.08. The second-order valence-electron chi connectivity index (χ2n) is 5.41. The molecule has 22 heavy (non-hydrogen) atoms. The summed E-state index contributed by atoms with van der Waals surface area (Å²) in [5.41, 5.74) is 1.25. The summed E-state index contributed by atoms with van der Waals surface area (Å²) >= 11 is 4.90. The van der Waals surface area contributed by atoms with Crippen LogP contribution in [0.4, 0.5) is 0 Å². The van der Waals surface area contributed by atoms with Crippen molar-refractivity contribution in [1.29, 1.82) is 0 Å². The SMILES string of the molecule is COc1cc(/C=C2\NC(=S)NC2=O)ccc1OCCC(C)C. The van der Waals surface area contributed by atoms with Crippen LogP contribution >= 0.6 is 12.2 Å². The fraction of sp³-hybridized carbons (Fsp3) is 0.375. The van der Waals surface area contributed by atoms with Crippen LogP contribution in [0.25, 0.3) is 6.08 Å². The number of rotatable bonds is 6. The molecule has 1 aromatic carbocycles. The number of hydrogen-bond donors (Lipinski definition) is 2. The van der Waals surface area contributed by atoms with Crippen molar-refractivity contribution in [3.05, 3.63) is 29.5 Å². The molecule has 1 aromatic rings. The first-order chi connectivity index (χ1) is 10.5. The summed E-state index contributed by atoms with van der Waals surface area (Å²) in [5, 5.41) is 5.65. The lowest BCUT2D eigenvalue weighted by Crippen LogP contribution is -2.21. The predicted molar refractivity (Wildman–Crippen MR) is 89.8 cm³/mol. The molecule has 1 saturated heterocycles. The number of nitrogens with one attached hydrogen (secondary N) is 2. The number of ether oxygens (including phenoxy) is 2. The molecule has 0 spiro atoms. The molecule has 2 rings (SSSR count). The van der Waals surface area contributed by atoms with E-state index in [9.17, 15) is 4.79 Å². The van der Waals surface area contributed by atoms with E-state index in [0.29, 0.717) is 34.8 Å². The first kappa shape index (κ1) is 16.3. The molecule has 1 aliphatic rings. The smallest absolute Gasteiger partial charge is 0.273 e. The minimum Gasteiger partial charge on any atom is -0.493 e. The maximum absolute atomic E-state index is 11.6. The summed E-state index contributed by atoms with van der Waals surface area (Å²) in [6, 6.07) is 5.54. The Bertz CT molecular complexity index is 611. The zero-order valence-corrected chi connectivity index (χ0v) is 13.8. The fourth-order valence-electron chi connectivity index (χ4n) is 1.95. The van der Waals surface area contributed by atoms with E-state index in [0.717, 1.165) is 12.0 Å². The lowest BCUT2D eigenvalue weighted by molar-refractivity contribution is -0.115. The standard InChI is InChI=1S/C16H20N2O3S/c1-10(2)6-7-21-13-5-4-11(9-14(13)20-3)8-12-15(19)18-16(22)17-12/h4-5,8-10H,6-7H2,1-3H3,(H2,17,18,19,22)/b12-8-. The van der Waals surface area contributed by atoms with Gasteiger partial charge in [-0.05, 0) is 48.3 Å². The molecule has 5 nitrogen and oxygen atoms in total. The van der Waals surface area contributed by atoms with Gasteiger partial charge in [0.25, 0.3) is 5.91 Å². The fourth-order valence-corrected chi connectivity index (χ4v) is 2.15. The van der Waals surface area contributed by atoms with Gasteiger partial charge in [0.15, 0.2) is 16.6 Å². The Morgan fingerprint density at radius 2 is 2.05 bits per heavy atom. The summed E-state index contributed by atoms with van der Waals surface area (Å²) in [5.74, 6) is 1.69. The molecule has 0 aliphatic carbocycles. The van der Waals surface area contributed by atoms with E-state index in [1.807, 2.05) is 18.2 Å². The van der Waals surface area contributed by atoms with Crippen LogP contribution < -0.4 is 20.1 Å². The number of carbonyl (C=O) groups excluding carboxylic acids is 1. The number of methoxy groups -OCH3 is 1. The maximum Gasteiger partial charge on any atom is 0.273 e. The van der Waals surface area contributed by atoms with E-state index >= 15 is 0 Å². The molecule has 0 atom stereocenters. The number of thiocarbonyl (C=S) groups is 1. The topological polar surface area (TPSA) is 59.6 Å². The van der Waals surface area contributed by atoms with E-state index in [2.05, 4.69) is 24.5 Å². The zero-order valence-electron chi connectivity index (χ0n) is 12.9. The van der Waals surface area contributed by atoms with Crippen molar-refractivity contribution in [1.82, 2.24) is 10.6 Å². The van der Waals surface area contributed by atoms with Crippen molar-refractivity contribution in [3.8, 4) is 11.5 Å². The van der Waals surface area contributed by atoms with Crippen molar-refractivity contribution in [2.45, 2.75) is 20.3 Å². The highest BCUT2D eigenvalue weighted by Gasteiger charge is 2.20. The Balaban J connectivity index is 2.13. The monoisotopic (exact) mass is 320 g/mol. The van der Waals surface area contributed by atoms with Crippen molar-refractivity contribution < 1.29 is 14.3 Å². The molecular weight excluding hydrogens is 300 g/mol. The summed E-state index contributed by atoms with van der Waals surface area (Å²) < 4.78 is 11.1.